The van der Waals surface area contributed by atoms with Crippen LogP contribution in [0.4, 0.5) is 5.69 Å². The number of thioether (sulfide) groups is 2. The Morgan fingerprint density at radius 3 is 2.28 bits per heavy atom. The maximum Gasteiger partial charge on any atom is 0.129 e. The SMILES string of the molecule is COc1ccc(N=C(SC)SC[Si](C)(C)C)cc1. The minimum atomic E-state index is -1.02. The van der Waals surface area contributed by atoms with Crippen LogP contribution in [0, 0.1) is 0 Å². The molecule has 18 heavy (non-hydrogen) atoms. The lowest BCUT2D eigenvalue weighted by atomic mass is 10.3. The molecule has 0 aromatic heterocycles. The van der Waals surface area contributed by atoms with Gasteiger partial charge in [-0.2, -0.15) is 0 Å². The van der Waals surface area contributed by atoms with Crippen LogP contribution in [0.1, 0.15) is 0 Å². The maximum absolute atomic E-state index is 5.14. The quantitative estimate of drug-likeness (QED) is 0.458. The smallest absolute Gasteiger partial charge is 0.129 e. The highest BCUT2D eigenvalue weighted by Gasteiger charge is 2.14. The lowest BCUT2D eigenvalue weighted by molar-refractivity contribution is 0.415. The molecule has 0 aliphatic heterocycles. The lowest BCUT2D eigenvalue weighted by Crippen LogP contribution is -2.24. The number of aliphatic imine (C=N–C) groups is 1. The van der Waals surface area contributed by atoms with Crippen LogP contribution in [0.15, 0.2) is 29.3 Å². The lowest BCUT2D eigenvalue weighted by Gasteiger charge is -2.14. The van der Waals surface area contributed by atoms with Crippen molar-refractivity contribution in [2.75, 3.05) is 18.7 Å². The number of nitrogens with zero attached hydrogens (tertiary/aromatic N) is 1. The molecule has 1 aromatic carbocycles. The molecule has 0 saturated heterocycles. The number of rotatable bonds is 4. The highest BCUT2D eigenvalue weighted by molar-refractivity contribution is 8.39. The summed E-state index contributed by atoms with van der Waals surface area (Å²) in [5, 5.41) is 1.21. The van der Waals surface area contributed by atoms with Gasteiger partial charge in [0.25, 0.3) is 0 Å². The molecule has 0 radical (unpaired) electrons. The second kappa shape index (κ2) is 7.26. The first-order valence-electron chi connectivity index (χ1n) is 5.84. The molecule has 2 nitrogen and oxygen atoms in total. The van der Waals surface area contributed by atoms with Gasteiger partial charge in [0.15, 0.2) is 0 Å². The number of methoxy groups -OCH3 is 1. The molecule has 0 unspecified atom stereocenters. The van der Waals surface area contributed by atoms with Crippen LogP contribution in [0.5, 0.6) is 5.75 Å². The van der Waals surface area contributed by atoms with Gasteiger partial charge in [-0.3, -0.25) is 0 Å². The van der Waals surface area contributed by atoms with Gasteiger partial charge in [0.05, 0.1) is 20.9 Å². The first-order valence-corrected chi connectivity index (χ1v) is 11.8. The van der Waals surface area contributed by atoms with E-state index in [9.17, 15) is 0 Å². The van der Waals surface area contributed by atoms with Gasteiger partial charge in [0.2, 0.25) is 0 Å². The Kier molecular flexibility index (Phi) is 6.32. The van der Waals surface area contributed by atoms with E-state index >= 15 is 0 Å². The van der Waals surface area contributed by atoms with Crippen molar-refractivity contribution >= 4 is 41.7 Å². The van der Waals surface area contributed by atoms with E-state index in [2.05, 4.69) is 30.9 Å². The minimum absolute atomic E-state index is 0.870. The summed E-state index contributed by atoms with van der Waals surface area (Å²) in [5.74, 6) is 0.870. The largest absolute Gasteiger partial charge is 0.497 e. The molecule has 0 fully saturated rings. The number of benzene rings is 1. The van der Waals surface area contributed by atoms with E-state index in [4.69, 9.17) is 4.74 Å². The van der Waals surface area contributed by atoms with Crippen molar-refractivity contribution < 1.29 is 4.74 Å². The first-order chi connectivity index (χ1) is 8.44. The predicted octanol–water partition coefficient (Wildman–Crippen LogP) is 4.66. The van der Waals surface area contributed by atoms with Crippen LogP contribution < -0.4 is 4.74 Å². The monoisotopic (exact) mass is 299 g/mol. The molecular weight excluding hydrogens is 278 g/mol. The zero-order chi connectivity index (χ0) is 13.6. The van der Waals surface area contributed by atoms with E-state index in [1.54, 1.807) is 18.9 Å². The maximum atomic E-state index is 5.14. The van der Waals surface area contributed by atoms with Crippen molar-refractivity contribution in [2.45, 2.75) is 19.6 Å². The average molecular weight is 300 g/mol. The molecule has 0 bridgehead atoms. The summed E-state index contributed by atoms with van der Waals surface area (Å²) in [6.07, 6.45) is 2.08. The number of ether oxygens (including phenoxy) is 1. The highest BCUT2D eigenvalue weighted by Crippen LogP contribution is 2.24. The van der Waals surface area contributed by atoms with Crippen molar-refractivity contribution in [3.05, 3.63) is 24.3 Å². The number of hydrogen-bond donors (Lipinski definition) is 0. The Labute approximate surface area is 120 Å². The molecular formula is C13H21NOS2Si. The van der Waals surface area contributed by atoms with Crippen LogP contribution in [0.2, 0.25) is 19.6 Å². The fourth-order valence-corrected chi connectivity index (χ4v) is 4.77. The topological polar surface area (TPSA) is 21.6 Å². The molecule has 0 aliphatic rings. The Morgan fingerprint density at radius 2 is 1.83 bits per heavy atom. The summed E-state index contributed by atoms with van der Waals surface area (Å²) < 4.78 is 6.28. The van der Waals surface area contributed by atoms with Crippen LogP contribution in [0.3, 0.4) is 0 Å². The van der Waals surface area contributed by atoms with Crippen molar-refractivity contribution in [3.8, 4) is 5.75 Å². The number of hydrogen-bond acceptors (Lipinski definition) is 4. The van der Waals surface area contributed by atoms with Gasteiger partial charge in [0, 0.05) is 0 Å². The Hall–Kier alpha value is -0.393. The second-order valence-electron chi connectivity index (χ2n) is 5.13. The van der Waals surface area contributed by atoms with E-state index < -0.39 is 8.07 Å². The minimum Gasteiger partial charge on any atom is -0.497 e. The van der Waals surface area contributed by atoms with Gasteiger partial charge < -0.3 is 4.74 Å². The van der Waals surface area contributed by atoms with Gasteiger partial charge in [-0.25, -0.2) is 4.99 Å². The van der Waals surface area contributed by atoms with E-state index in [0.29, 0.717) is 0 Å². The predicted molar refractivity (Wildman–Crippen MR) is 89.4 cm³/mol. The van der Waals surface area contributed by atoms with E-state index in [1.807, 2.05) is 36.0 Å². The fourth-order valence-electron chi connectivity index (χ4n) is 1.18. The fraction of sp³-hybridized carbons (Fsp3) is 0.462. The molecule has 5 heteroatoms. The molecule has 0 aliphatic carbocycles. The normalized spacial score (nSPS) is 12.6. The van der Waals surface area contributed by atoms with Gasteiger partial charge in [-0.15, -0.1) is 23.5 Å². The first kappa shape index (κ1) is 15.7. The third-order valence-corrected chi connectivity index (χ3v) is 7.77. The van der Waals surface area contributed by atoms with E-state index in [1.165, 1.54) is 5.38 Å². The summed E-state index contributed by atoms with van der Waals surface area (Å²) in [7, 11) is 0.657. The van der Waals surface area contributed by atoms with Crippen molar-refractivity contribution in [2.24, 2.45) is 4.99 Å². The van der Waals surface area contributed by atoms with Crippen LogP contribution in [0.25, 0.3) is 0 Å². The zero-order valence-electron chi connectivity index (χ0n) is 11.7. The molecule has 1 rings (SSSR count). The molecule has 0 spiro atoms. The highest BCUT2D eigenvalue weighted by atomic mass is 32.2. The zero-order valence-corrected chi connectivity index (χ0v) is 14.3. The molecule has 0 N–H and O–H groups in total. The summed E-state index contributed by atoms with van der Waals surface area (Å²) in [6.45, 7) is 7.14. The summed E-state index contributed by atoms with van der Waals surface area (Å²) in [6, 6.07) is 7.87. The molecule has 0 amide bonds. The standard InChI is InChI=1S/C13H21NOS2Si/c1-15-12-8-6-11(7-9-12)14-13(16-2)17-10-18(3,4)5/h6-9H,10H2,1-5H3. The van der Waals surface area contributed by atoms with Crippen molar-refractivity contribution in [3.63, 3.8) is 0 Å². The average Bonchev–Trinajstić information content (AvgIpc) is 2.34. The molecule has 100 valence electrons. The van der Waals surface area contributed by atoms with Gasteiger partial charge >= 0.3 is 0 Å². The third kappa shape index (κ3) is 5.98. The summed E-state index contributed by atoms with van der Waals surface area (Å²) in [4.78, 5) is 4.66. The third-order valence-electron chi connectivity index (χ3n) is 2.10. The summed E-state index contributed by atoms with van der Waals surface area (Å²) >= 11 is 3.60. The summed E-state index contributed by atoms with van der Waals surface area (Å²) in [5.41, 5.74) is 0.989. The van der Waals surface area contributed by atoms with E-state index in [0.717, 1.165) is 15.8 Å². The van der Waals surface area contributed by atoms with Gasteiger partial charge in [-0.05, 0) is 35.9 Å². The van der Waals surface area contributed by atoms with Crippen LogP contribution in [-0.4, -0.2) is 31.2 Å². The molecule has 0 atom stereocenters. The van der Waals surface area contributed by atoms with Crippen molar-refractivity contribution in [1.82, 2.24) is 0 Å². The Bertz CT molecular complexity index is 398. The van der Waals surface area contributed by atoms with E-state index in [-0.39, 0.29) is 0 Å². The van der Waals surface area contributed by atoms with Crippen LogP contribution >= 0.6 is 23.5 Å². The molecule has 0 saturated carbocycles. The molecule has 1 aromatic rings. The molecule has 0 heterocycles. The Balaban J connectivity index is 2.70. The van der Waals surface area contributed by atoms with Gasteiger partial charge in [0.1, 0.15) is 10.1 Å². The Morgan fingerprint density at radius 1 is 1.22 bits per heavy atom. The van der Waals surface area contributed by atoms with Crippen molar-refractivity contribution in [1.29, 1.82) is 0 Å². The second-order valence-corrected chi connectivity index (χ2v) is 13.1. The van der Waals surface area contributed by atoms with Crippen LogP contribution in [-0.2, 0) is 0 Å². The van der Waals surface area contributed by atoms with Gasteiger partial charge in [-0.1, -0.05) is 19.6 Å².